The summed E-state index contributed by atoms with van der Waals surface area (Å²) in [6.45, 7) is -0.342. The van der Waals surface area contributed by atoms with E-state index in [0.717, 1.165) is 12.1 Å². The summed E-state index contributed by atoms with van der Waals surface area (Å²) in [6.07, 6.45) is -4.58. The molecule has 0 saturated heterocycles. The number of rotatable bonds is 3. The Labute approximate surface area is 89.9 Å². The molecule has 1 amide bonds. The van der Waals surface area contributed by atoms with Gasteiger partial charge in [-0.3, -0.25) is 4.79 Å². The summed E-state index contributed by atoms with van der Waals surface area (Å²) in [5.41, 5.74) is -0.762. The normalized spacial score (nSPS) is 11.2. The molecule has 1 aromatic rings. The number of nitrogens with one attached hydrogen (secondary N) is 1. The van der Waals surface area contributed by atoms with Crippen LogP contribution in [0.3, 0.4) is 0 Å². The van der Waals surface area contributed by atoms with E-state index in [4.69, 9.17) is 5.11 Å². The number of anilines is 1. The summed E-state index contributed by atoms with van der Waals surface area (Å²) in [4.78, 5) is 11.0. The minimum Gasteiger partial charge on any atom is -0.396 e. The van der Waals surface area contributed by atoms with Crippen LogP contribution in [0.2, 0.25) is 0 Å². The molecule has 0 saturated carbocycles. The standard InChI is InChI=1S/C10H10F3NO2/c11-10(12,13)7-2-1-3-8(6-7)14-9(16)4-5-15/h1-3,6,15H,4-5H2,(H,14,16). The van der Waals surface area contributed by atoms with Crippen molar-refractivity contribution in [3.8, 4) is 0 Å². The van der Waals surface area contributed by atoms with Crippen LogP contribution in [-0.4, -0.2) is 17.6 Å². The van der Waals surface area contributed by atoms with Crippen LogP contribution in [0.5, 0.6) is 0 Å². The van der Waals surface area contributed by atoms with Crippen LogP contribution in [0.4, 0.5) is 18.9 Å². The van der Waals surface area contributed by atoms with Gasteiger partial charge in [-0.25, -0.2) is 0 Å². The van der Waals surface area contributed by atoms with Gasteiger partial charge in [0.15, 0.2) is 0 Å². The molecule has 0 atom stereocenters. The zero-order valence-electron chi connectivity index (χ0n) is 8.21. The Bertz CT molecular complexity index is 377. The van der Waals surface area contributed by atoms with Crippen molar-refractivity contribution < 1.29 is 23.1 Å². The van der Waals surface area contributed by atoms with Gasteiger partial charge in [-0.05, 0) is 18.2 Å². The highest BCUT2D eigenvalue weighted by Gasteiger charge is 2.30. The van der Waals surface area contributed by atoms with Crippen molar-refractivity contribution in [1.82, 2.24) is 0 Å². The third kappa shape index (κ3) is 3.54. The molecule has 0 aliphatic rings. The molecule has 88 valence electrons. The predicted octanol–water partition coefficient (Wildman–Crippen LogP) is 2.03. The molecule has 1 aromatic carbocycles. The quantitative estimate of drug-likeness (QED) is 0.839. The lowest BCUT2D eigenvalue weighted by Gasteiger charge is -2.09. The highest BCUT2D eigenvalue weighted by molar-refractivity contribution is 5.90. The van der Waals surface area contributed by atoms with Gasteiger partial charge in [-0.2, -0.15) is 13.2 Å². The second-order valence-corrected chi connectivity index (χ2v) is 3.10. The van der Waals surface area contributed by atoms with E-state index in [0.29, 0.717) is 0 Å². The molecule has 0 spiro atoms. The fraction of sp³-hybridized carbons (Fsp3) is 0.300. The number of amides is 1. The number of alkyl halides is 3. The van der Waals surface area contributed by atoms with Crippen LogP contribution in [-0.2, 0) is 11.0 Å². The molecule has 0 aromatic heterocycles. The zero-order chi connectivity index (χ0) is 12.2. The fourth-order valence-corrected chi connectivity index (χ4v) is 1.10. The van der Waals surface area contributed by atoms with E-state index in [1.54, 1.807) is 0 Å². The molecular weight excluding hydrogens is 223 g/mol. The van der Waals surface area contributed by atoms with Gasteiger partial charge in [0, 0.05) is 5.69 Å². The van der Waals surface area contributed by atoms with Crippen LogP contribution in [0.1, 0.15) is 12.0 Å². The largest absolute Gasteiger partial charge is 0.416 e. The molecule has 0 heterocycles. The van der Waals surface area contributed by atoms with Crippen LogP contribution < -0.4 is 5.32 Å². The molecule has 0 radical (unpaired) electrons. The van der Waals surface area contributed by atoms with E-state index < -0.39 is 17.6 Å². The number of hydrogen-bond donors (Lipinski definition) is 2. The summed E-state index contributed by atoms with van der Waals surface area (Å²) in [5.74, 6) is -0.526. The van der Waals surface area contributed by atoms with Gasteiger partial charge in [0.1, 0.15) is 0 Å². The average molecular weight is 233 g/mol. The second-order valence-electron chi connectivity index (χ2n) is 3.10. The number of carbonyl (C=O) groups excluding carboxylic acids is 1. The highest BCUT2D eigenvalue weighted by Crippen LogP contribution is 2.30. The fourth-order valence-electron chi connectivity index (χ4n) is 1.10. The maximum Gasteiger partial charge on any atom is 0.416 e. The monoisotopic (exact) mass is 233 g/mol. The van der Waals surface area contributed by atoms with E-state index in [2.05, 4.69) is 5.32 Å². The summed E-state index contributed by atoms with van der Waals surface area (Å²) >= 11 is 0. The van der Waals surface area contributed by atoms with Crippen molar-refractivity contribution >= 4 is 11.6 Å². The number of hydrogen-bond acceptors (Lipinski definition) is 2. The van der Waals surface area contributed by atoms with Gasteiger partial charge in [0.2, 0.25) is 5.91 Å². The number of aliphatic hydroxyl groups excluding tert-OH is 1. The molecule has 0 aliphatic heterocycles. The van der Waals surface area contributed by atoms with Crippen molar-refractivity contribution in [3.05, 3.63) is 29.8 Å². The molecule has 1 rings (SSSR count). The van der Waals surface area contributed by atoms with E-state index in [-0.39, 0.29) is 18.7 Å². The van der Waals surface area contributed by atoms with Gasteiger partial charge in [0.05, 0.1) is 18.6 Å². The van der Waals surface area contributed by atoms with Gasteiger partial charge in [0.25, 0.3) is 0 Å². The summed E-state index contributed by atoms with van der Waals surface area (Å²) in [7, 11) is 0. The summed E-state index contributed by atoms with van der Waals surface area (Å²) in [5, 5.41) is 10.7. The van der Waals surface area contributed by atoms with Crippen LogP contribution in [0.15, 0.2) is 24.3 Å². The topological polar surface area (TPSA) is 49.3 Å². The number of carbonyl (C=O) groups is 1. The van der Waals surface area contributed by atoms with Gasteiger partial charge < -0.3 is 10.4 Å². The van der Waals surface area contributed by atoms with Crippen molar-refractivity contribution in [2.45, 2.75) is 12.6 Å². The van der Waals surface area contributed by atoms with Crippen molar-refractivity contribution in [3.63, 3.8) is 0 Å². The lowest BCUT2D eigenvalue weighted by Crippen LogP contribution is -2.13. The Balaban J connectivity index is 2.79. The molecule has 6 heteroatoms. The summed E-state index contributed by atoms with van der Waals surface area (Å²) in [6, 6.07) is 4.32. The minimum atomic E-state index is -4.43. The number of aliphatic hydroxyl groups is 1. The Morgan fingerprint density at radius 3 is 2.62 bits per heavy atom. The number of benzene rings is 1. The molecule has 0 fully saturated rings. The molecule has 3 nitrogen and oxygen atoms in total. The lowest BCUT2D eigenvalue weighted by molar-refractivity contribution is -0.137. The molecule has 0 unspecified atom stereocenters. The first-order chi connectivity index (χ1) is 7.43. The smallest absolute Gasteiger partial charge is 0.396 e. The van der Waals surface area contributed by atoms with Gasteiger partial charge in [-0.1, -0.05) is 6.07 Å². The van der Waals surface area contributed by atoms with E-state index in [1.807, 2.05) is 0 Å². The highest BCUT2D eigenvalue weighted by atomic mass is 19.4. The number of halogens is 3. The van der Waals surface area contributed by atoms with Crippen LogP contribution in [0.25, 0.3) is 0 Å². The van der Waals surface area contributed by atoms with Crippen molar-refractivity contribution in [2.24, 2.45) is 0 Å². The Hall–Kier alpha value is -1.56. The van der Waals surface area contributed by atoms with Gasteiger partial charge in [-0.15, -0.1) is 0 Å². The predicted molar refractivity (Wildman–Crippen MR) is 51.8 cm³/mol. The SMILES string of the molecule is O=C(CCO)Nc1cccc(C(F)(F)F)c1. The van der Waals surface area contributed by atoms with E-state index in [9.17, 15) is 18.0 Å². The Morgan fingerprint density at radius 1 is 1.38 bits per heavy atom. The third-order valence-corrected chi connectivity index (χ3v) is 1.81. The van der Waals surface area contributed by atoms with E-state index >= 15 is 0 Å². The first-order valence-electron chi connectivity index (χ1n) is 4.51. The van der Waals surface area contributed by atoms with Crippen LogP contribution in [0, 0.1) is 0 Å². The third-order valence-electron chi connectivity index (χ3n) is 1.81. The second kappa shape index (κ2) is 4.98. The first-order valence-corrected chi connectivity index (χ1v) is 4.51. The maximum atomic E-state index is 12.3. The zero-order valence-corrected chi connectivity index (χ0v) is 8.21. The first kappa shape index (κ1) is 12.5. The molecule has 2 N–H and O–H groups in total. The maximum absolute atomic E-state index is 12.3. The van der Waals surface area contributed by atoms with Crippen LogP contribution >= 0.6 is 0 Å². The average Bonchev–Trinajstić information content (AvgIpc) is 2.17. The lowest BCUT2D eigenvalue weighted by atomic mass is 10.2. The van der Waals surface area contributed by atoms with E-state index in [1.165, 1.54) is 12.1 Å². The van der Waals surface area contributed by atoms with Crippen molar-refractivity contribution in [2.75, 3.05) is 11.9 Å². The Kier molecular flexibility index (Phi) is 3.89. The Morgan fingerprint density at radius 2 is 2.06 bits per heavy atom. The minimum absolute atomic E-state index is 0.0632. The van der Waals surface area contributed by atoms with Crippen molar-refractivity contribution in [1.29, 1.82) is 0 Å². The van der Waals surface area contributed by atoms with Gasteiger partial charge >= 0.3 is 6.18 Å². The summed E-state index contributed by atoms with van der Waals surface area (Å²) < 4.78 is 36.9. The molecule has 0 aliphatic carbocycles. The molecule has 0 bridgehead atoms. The molecule has 16 heavy (non-hydrogen) atoms. The molecular formula is C10H10F3NO2.